The molecule has 0 saturated carbocycles. The van der Waals surface area contributed by atoms with Crippen molar-refractivity contribution in [2.24, 2.45) is 5.92 Å². The smallest absolute Gasteiger partial charge is 0.247 e. The van der Waals surface area contributed by atoms with Crippen LogP contribution in [0.25, 0.3) is 0 Å². The van der Waals surface area contributed by atoms with Crippen LogP contribution < -0.4 is 16.0 Å². The third-order valence-electron chi connectivity index (χ3n) is 5.49. The Bertz CT molecular complexity index is 865. The summed E-state index contributed by atoms with van der Waals surface area (Å²) in [6.07, 6.45) is 0.630. The first kappa shape index (κ1) is 23.9. The van der Waals surface area contributed by atoms with Crippen LogP contribution in [-0.2, 0) is 22.6 Å². The number of amides is 2. The van der Waals surface area contributed by atoms with E-state index in [1.54, 1.807) is 0 Å². The van der Waals surface area contributed by atoms with Crippen LogP contribution in [0.5, 0.6) is 0 Å². The predicted octanol–water partition coefficient (Wildman–Crippen LogP) is 4.03. The second kappa shape index (κ2) is 10.6. The van der Waals surface area contributed by atoms with Crippen LogP contribution in [0.3, 0.4) is 0 Å². The van der Waals surface area contributed by atoms with Crippen LogP contribution in [0, 0.1) is 5.92 Å². The number of carbonyl (C=O) groups excluding carboxylic acids is 2. The molecule has 0 fully saturated rings. The summed E-state index contributed by atoms with van der Waals surface area (Å²) in [7, 11) is 0. The Hall–Kier alpha value is -2.37. The summed E-state index contributed by atoms with van der Waals surface area (Å²) >= 11 is 0. The second-order valence-corrected chi connectivity index (χ2v) is 8.40. The highest BCUT2D eigenvalue weighted by atomic mass is 35.5. The van der Waals surface area contributed by atoms with Crippen molar-refractivity contribution >= 4 is 29.9 Å². The molecule has 0 aliphatic carbocycles. The van der Waals surface area contributed by atoms with Crippen molar-refractivity contribution in [2.45, 2.75) is 58.7 Å². The zero-order valence-electron chi connectivity index (χ0n) is 18.1. The maximum absolute atomic E-state index is 12.8. The number of benzene rings is 2. The molecule has 2 amide bonds. The number of hydrogen-bond acceptors (Lipinski definition) is 3. The molecule has 30 heavy (non-hydrogen) atoms. The lowest BCUT2D eigenvalue weighted by atomic mass is 9.94. The van der Waals surface area contributed by atoms with Gasteiger partial charge in [-0.05, 0) is 47.1 Å². The van der Waals surface area contributed by atoms with Gasteiger partial charge in [0, 0.05) is 12.2 Å². The van der Waals surface area contributed by atoms with Gasteiger partial charge in [0.2, 0.25) is 11.8 Å². The van der Waals surface area contributed by atoms with E-state index in [2.05, 4.69) is 41.9 Å². The zero-order chi connectivity index (χ0) is 21.0. The summed E-state index contributed by atoms with van der Waals surface area (Å²) in [5.74, 6) is 0.0886. The molecule has 0 radical (unpaired) electrons. The quantitative estimate of drug-likeness (QED) is 0.649. The molecular weight excluding hydrogens is 398 g/mol. The van der Waals surface area contributed by atoms with E-state index in [9.17, 15) is 9.59 Å². The van der Waals surface area contributed by atoms with Gasteiger partial charge in [-0.3, -0.25) is 9.59 Å². The fourth-order valence-electron chi connectivity index (χ4n) is 3.60. The Morgan fingerprint density at radius 3 is 2.20 bits per heavy atom. The maximum Gasteiger partial charge on any atom is 0.247 e. The number of carbonyl (C=O) groups is 2. The molecule has 6 heteroatoms. The average molecular weight is 430 g/mol. The van der Waals surface area contributed by atoms with Crippen molar-refractivity contribution < 1.29 is 9.59 Å². The molecule has 0 aromatic heterocycles. The lowest BCUT2D eigenvalue weighted by Crippen LogP contribution is -2.54. The lowest BCUT2D eigenvalue weighted by molar-refractivity contribution is -0.128. The van der Waals surface area contributed by atoms with Gasteiger partial charge in [0.15, 0.2) is 0 Å². The number of nitrogens with one attached hydrogen (secondary N) is 3. The third-order valence-corrected chi connectivity index (χ3v) is 5.49. The topological polar surface area (TPSA) is 70.2 Å². The normalized spacial score (nSPS) is 16.4. The fraction of sp³-hybridized carbons (Fsp3) is 0.417. The number of rotatable bonds is 6. The molecule has 1 heterocycles. The van der Waals surface area contributed by atoms with Crippen LogP contribution in [-0.4, -0.2) is 23.9 Å². The number of fused-ring (bicyclic) bond motifs is 1. The van der Waals surface area contributed by atoms with Crippen LogP contribution >= 0.6 is 12.4 Å². The molecule has 2 atom stereocenters. The Balaban J connectivity index is 0.00000320. The van der Waals surface area contributed by atoms with Crippen molar-refractivity contribution in [3.63, 3.8) is 0 Å². The molecule has 5 nitrogen and oxygen atoms in total. The molecule has 2 aromatic carbocycles. The Kier molecular flexibility index (Phi) is 8.44. The summed E-state index contributed by atoms with van der Waals surface area (Å²) in [6.45, 7) is 8.81. The Labute approximate surface area is 185 Å². The second-order valence-electron chi connectivity index (χ2n) is 8.40. The highest BCUT2D eigenvalue weighted by molar-refractivity contribution is 5.98. The lowest BCUT2D eigenvalue weighted by Gasteiger charge is -2.28. The molecule has 3 rings (SSSR count). The summed E-state index contributed by atoms with van der Waals surface area (Å²) < 4.78 is 0. The molecule has 162 valence electrons. The summed E-state index contributed by atoms with van der Waals surface area (Å²) in [5, 5.41) is 9.17. The molecule has 1 aliphatic rings. The highest BCUT2D eigenvalue weighted by Gasteiger charge is 2.29. The maximum atomic E-state index is 12.8. The number of hydrogen-bond donors (Lipinski definition) is 3. The van der Waals surface area contributed by atoms with Crippen molar-refractivity contribution in [3.8, 4) is 0 Å². The zero-order valence-corrected chi connectivity index (χ0v) is 18.9. The van der Waals surface area contributed by atoms with E-state index in [4.69, 9.17) is 0 Å². The first-order valence-electron chi connectivity index (χ1n) is 10.4. The Morgan fingerprint density at radius 2 is 1.60 bits per heavy atom. The van der Waals surface area contributed by atoms with Gasteiger partial charge >= 0.3 is 0 Å². The van der Waals surface area contributed by atoms with E-state index in [0.29, 0.717) is 18.9 Å². The van der Waals surface area contributed by atoms with E-state index >= 15 is 0 Å². The van der Waals surface area contributed by atoms with Gasteiger partial charge < -0.3 is 16.0 Å². The van der Waals surface area contributed by atoms with Crippen molar-refractivity contribution in [2.75, 3.05) is 5.32 Å². The van der Waals surface area contributed by atoms with Gasteiger partial charge in [-0.2, -0.15) is 0 Å². The molecule has 2 aromatic rings. The SMILES string of the molecule is CC(C)c1ccc(NC(=O)[C@@H](NC(=O)[C@@H]2Cc3ccccc3CN2)C(C)C)cc1.Cl. The van der Waals surface area contributed by atoms with Crippen molar-refractivity contribution in [1.82, 2.24) is 10.6 Å². The number of halogens is 1. The molecule has 0 bridgehead atoms. The van der Waals surface area contributed by atoms with Gasteiger partial charge in [0.05, 0.1) is 6.04 Å². The first-order chi connectivity index (χ1) is 13.8. The molecule has 0 unspecified atom stereocenters. The van der Waals surface area contributed by atoms with Crippen molar-refractivity contribution in [3.05, 3.63) is 65.2 Å². The van der Waals surface area contributed by atoms with Crippen LogP contribution in [0.1, 0.15) is 50.3 Å². The van der Waals surface area contributed by atoms with Gasteiger partial charge in [-0.1, -0.05) is 64.1 Å². The molecule has 3 N–H and O–H groups in total. The average Bonchev–Trinajstić information content (AvgIpc) is 2.71. The largest absolute Gasteiger partial charge is 0.343 e. The van der Waals surface area contributed by atoms with Crippen LogP contribution in [0.15, 0.2) is 48.5 Å². The van der Waals surface area contributed by atoms with Crippen LogP contribution in [0.4, 0.5) is 5.69 Å². The Morgan fingerprint density at radius 1 is 0.967 bits per heavy atom. The third kappa shape index (κ3) is 5.83. The van der Waals surface area contributed by atoms with Crippen LogP contribution in [0.2, 0.25) is 0 Å². The molecule has 0 spiro atoms. The minimum absolute atomic E-state index is 0. The highest BCUT2D eigenvalue weighted by Crippen LogP contribution is 2.19. The molecular formula is C24H32ClN3O2. The monoisotopic (exact) mass is 429 g/mol. The molecule has 1 aliphatic heterocycles. The standard InChI is InChI=1S/C24H31N3O2.ClH/c1-15(2)17-9-11-20(12-10-17)26-24(29)22(16(3)4)27-23(28)21-13-18-7-5-6-8-19(18)14-25-21;/h5-12,15-16,21-22,25H,13-14H2,1-4H3,(H,26,29)(H,27,28);1H/t21-,22-;/m0./s1. The van der Waals surface area contributed by atoms with E-state index in [0.717, 1.165) is 5.69 Å². The van der Waals surface area contributed by atoms with Gasteiger partial charge in [-0.15, -0.1) is 12.4 Å². The fourth-order valence-corrected chi connectivity index (χ4v) is 3.60. The summed E-state index contributed by atoms with van der Waals surface area (Å²) in [4.78, 5) is 25.7. The van der Waals surface area contributed by atoms with Gasteiger partial charge in [0.25, 0.3) is 0 Å². The predicted molar refractivity (Wildman–Crippen MR) is 124 cm³/mol. The summed E-state index contributed by atoms with van der Waals surface area (Å²) in [5.41, 5.74) is 4.37. The van der Waals surface area contributed by atoms with E-state index < -0.39 is 6.04 Å². The minimum atomic E-state index is -0.591. The van der Waals surface area contributed by atoms with E-state index in [-0.39, 0.29) is 36.2 Å². The van der Waals surface area contributed by atoms with E-state index in [1.807, 2.05) is 50.2 Å². The first-order valence-corrected chi connectivity index (χ1v) is 10.4. The molecule has 0 saturated heterocycles. The summed E-state index contributed by atoms with van der Waals surface area (Å²) in [6, 6.07) is 15.1. The minimum Gasteiger partial charge on any atom is -0.343 e. The van der Waals surface area contributed by atoms with Gasteiger partial charge in [0.1, 0.15) is 6.04 Å². The van der Waals surface area contributed by atoms with E-state index in [1.165, 1.54) is 16.7 Å². The van der Waals surface area contributed by atoms with Gasteiger partial charge in [-0.25, -0.2) is 0 Å². The number of anilines is 1. The van der Waals surface area contributed by atoms with Crippen molar-refractivity contribution in [1.29, 1.82) is 0 Å².